The zero-order chi connectivity index (χ0) is 25.3. The number of hydrogen-bond donors (Lipinski definition) is 1. The van der Waals surface area contributed by atoms with Gasteiger partial charge >= 0.3 is 12.1 Å². The summed E-state index contributed by atoms with van der Waals surface area (Å²) < 4.78 is 55.8. The highest BCUT2D eigenvalue weighted by atomic mass is 32.2. The van der Waals surface area contributed by atoms with E-state index in [9.17, 15) is 22.4 Å². The second-order valence-corrected chi connectivity index (χ2v) is 9.92. The van der Waals surface area contributed by atoms with Crippen LogP contribution in [0.15, 0.2) is 51.7 Å². The molecule has 13 heteroatoms. The summed E-state index contributed by atoms with van der Waals surface area (Å²) in [6, 6.07) is 7.84. The number of esters is 1. The molecule has 10 nitrogen and oxygen atoms in total. The normalized spacial score (nSPS) is 11.4. The van der Waals surface area contributed by atoms with Gasteiger partial charge in [0.25, 0.3) is 0 Å². The Kier molecular flexibility index (Phi) is 6.45. The predicted molar refractivity (Wildman–Crippen MR) is 126 cm³/mol. The Labute approximate surface area is 202 Å². The van der Waals surface area contributed by atoms with Crippen molar-refractivity contribution in [2.45, 2.75) is 6.54 Å². The van der Waals surface area contributed by atoms with Crippen molar-refractivity contribution in [2.75, 3.05) is 17.7 Å². The number of anilines is 1. The van der Waals surface area contributed by atoms with Crippen molar-refractivity contribution < 1.29 is 36.3 Å². The number of carbonyl (C=O) groups excluding carboxylic acids is 2. The van der Waals surface area contributed by atoms with Gasteiger partial charge in [0.15, 0.2) is 0 Å². The first-order chi connectivity index (χ1) is 16.6. The van der Waals surface area contributed by atoms with Crippen molar-refractivity contribution in [1.29, 1.82) is 0 Å². The Morgan fingerprint density at radius 3 is 2.51 bits per heavy atom. The van der Waals surface area contributed by atoms with Crippen LogP contribution in [0, 0.1) is 5.82 Å². The van der Waals surface area contributed by atoms with Gasteiger partial charge in [-0.05, 0) is 30.3 Å². The van der Waals surface area contributed by atoms with E-state index in [-0.39, 0.29) is 40.3 Å². The summed E-state index contributed by atoms with van der Waals surface area (Å²) in [6.45, 7) is -0.0771. The fourth-order valence-corrected chi connectivity index (χ4v) is 4.88. The topological polar surface area (TPSA) is 142 Å². The monoisotopic (exact) mass is 519 g/mol. The third-order valence-electron chi connectivity index (χ3n) is 4.95. The lowest BCUT2D eigenvalue weighted by Gasteiger charge is -2.23. The van der Waals surface area contributed by atoms with E-state index >= 15 is 0 Å². The van der Waals surface area contributed by atoms with Crippen LogP contribution in [0.2, 0.25) is 0 Å². The van der Waals surface area contributed by atoms with Crippen LogP contribution in [0.5, 0.6) is 5.75 Å². The number of sulfonamides is 1. The first-order valence-electron chi connectivity index (χ1n) is 9.85. The molecule has 2 aromatic carbocycles. The molecule has 2 heterocycles. The first-order valence-corrected chi connectivity index (χ1v) is 12.6. The third kappa shape index (κ3) is 4.95. The van der Waals surface area contributed by atoms with E-state index < -0.39 is 27.9 Å². The number of rotatable bonds is 7. The molecule has 1 amide bonds. The van der Waals surface area contributed by atoms with Crippen LogP contribution in [-0.2, 0) is 21.3 Å². The van der Waals surface area contributed by atoms with E-state index in [4.69, 9.17) is 14.9 Å². The SMILES string of the molecule is COc1cc2c(C(=O)OC(N)=O)c(-c3ccc(F)cc3)oc2cc1N(Cc1cscn1)S(C)(=O)=O. The molecule has 0 unspecified atom stereocenters. The molecule has 0 atom stereocenters. The minimum absolute atomic E-state index is 0.0316. The van der Waals surface area contributed by atoms with Crippen LogP contribution >= 0.6 is 11.3 Å². The third-order valence-corrected chi connectivity index (χ3v) is 6.71. The van der Waals surface area contributed by atoms with Crippen molar-refractivity contribution in [3.05, 3.63) is 64.4 Å². The predicted octanol–water partition coefficient (Wildman–Crippen LogP) is 3.91. The fourth-order valence-electron chi connectivity index (χ4n) is 3.46. The molecule has 0 fully saturated rings. The Balaban J connectivity index is 1.96. The lowest BCUT2D eigenvalue weighted by molar-refractivity contribution is 0.0640. The number of aromatic nitrogens is 1. The summed E-state index contributed by atoms with van der Waals surface area (Å²) in [7, 11) is -2.48. The number of nitrogens with two attached hydrogens (primary N) is 1. The van der Waals surface area contributed by atoms with Gasteiger partial charge in [0.1, 0.15) is 28.5 Å². The molecule has 0 saturated heterocycles. The van der Waals surface area contributed by atoms with Crippen LogP contribution in [0.4, 0.5) is 14.9 Å². The molecule has 0 bridgehead atoms. The molecular weight excluding hydrogens is 501 g/mol. The summed E-state index contributed by atoms with van der Waals surface area (Å²) in [6.07, 6.45) is -0.297. The average Bonchev–Trinajstić information content (AvgIpc) is 3.43. The quantitative estimate of drug-likeness (QED) is 0.286. The number of hydrogen-bond acceptors (Lipinski definition) is 9. The van der Waals surface area contributed by atoms with E-state index in [1.54, 1.807) is 10.9 Å². The number of amides is 1. The second-order valence-electron chi connectivity index (χ2n) is 7.29. The zero-order valence-electron chi connectivity index (χ0n) is 18.3. The average molecular weight is 520 g/mol. The highest BCUT2D eigenvalue weighted by Gasteiger charge is 2.29. The van der Waals surface area contributed by atoms with Crippen LogP contribution in [-0.4, -0.2) is 38.8 Å². The van der Waals surface area contributed by atoms with Crippen LogP contribution in [0.1, 0.15) is 16.1 Å². The molecule has 2 aromatic heterocycles. The number of nitrogens with zero attached hydrogens (tertiary/aromatic N) is 2. The molecular formula is C22H18FN3O7S2. The van der Waals surface area contributed by atoms with Crippen LogP contribution in [0.25, 0.3) is 22.3 Å². The number of methoxy groups -OCH3 is 1. The Bertz CT molecular complexity index is 1510. The Morgan fingerprint density at radius 1 is 1.23 bits per heavy atom. The van der Waals surface area contributed by atoms with E-state index in [0.717, 1.165) is 22.7 Å². The van der Waals surface area contributed by atoms with Crippen LogP contribution < -0.4 is 14.8 Å². The Morgan fingerprint density at radius 2 is 1.94 bits per heavy atom. The number of halogens is 1. The number of thiazole rings is 1. The molecule has 0 saturated carbocycles. The molecule has 182 valence electrons. The molecule has 0 aliphatic heterocycles. The van der Waals surface area contributed by atoms with E-state index in [1.807, 2.05) is 0 Å². The maximum Gasteiger partial charge on any atom is 0.412 e. The van der Waals surface area contributed by atoms with Crippen molar-refractivity contribution >= 4 is 50.1 Å². The van der Waals surface area contributed by atoms with Gasteiger partial charge in [-0.2, -0.15) is 0 Å². The van der Waals surface area contributed by atoms with Crippen molar-refractivity contribution in [3.63, 3.8) is 0 Å². The summed E-state index contributed by atoms with van der Waals surface area (Å²) in [5.74, 6) is -1.55. The van der Waals surface area contributed by atoms with Crippen molar-refractivity contribution in [1.82, 2.24) is 4.98 Å². The number of carbonyl (C=O) groups is 2. The van der Waals surface area contributed by atoms with E-state index in [2.05, 4.69) is 9.72 Å². The molecule has 4 rings (SSSR count). The van der Waals surface area contributed by atoms with Crippen molar-refractivity contribution in [3.8, 4) is 17.1 Å². The van der Waals surface area contributed by atoms with Gasteiger partial charge in [-0.25, -0.2) is 27.4 Å². The molecule has 0 radical (unpaired) electrons. The summed E-state index contributed by atoms with van der Waals surface area (Å²) in [5, 5.41) is 1.87. The van der Waals surface area contributed by atoms with Gasteiger partial charge in [-0.1, -0.05) is 0 Å². The van der Waals surface area contributed by atoms with Gasteiger partial charge in [-0.3, -0.25) is 4.31 Å². The minimum Gasteiger partial charge on any atom is -0.495 e. The van der Waals surface area contributed by atoms with Gasteiger partial charge in [0.05, 0.1) is 36.8 Å². The molecule has 0 aliphatic carbocycles. The fraction of sp³-hybridized carbons (Fsp3) is 0.136. The lowest BCUT2D eigenvalue weighted by atomic mass is 10.0. The summed E-state index contributed by atoms with van der Waals surface area (Å²) >= 11 is 1.31. The molecule has 35 heavy (non-hydrogen) atoms. The van der Waals surface area contributed by atoms with E-state index in [1.165, 1.54) is 42.7 Å². The second kappa shape index (κ2) is 9.35. The molecule has 0 spiro atoms. The highest BCUT2D eigenvalue weighted by Crippen LogP contribution is 2.41. The molecule has 2 N–H and O–H groups in total. The maximum atomic E-state index is 13.5. The number of primary amides is 1. The van der Waals surface area contributed by atoms with Crippen molar-refractivity contribution in [2.24, 2.45) is 5.73 Å². The first kappa shape index (κ1) is 24.2. The number of furan rings is 1. The molecule has 0 aliphatic rings. The van der Waals surface area contributed by atoms with Gasteiger partial charge in [0, 0.05) is 22.4 Å². The van der Waals surface area contributed by atoms with Gasteiger partial charge in [0.2, 0.25) is 10.0 Å². The van der Waals surface area contributed by atoms with Gasteiger partial charge < -0.3 is 19.6 Å². The summed E-state index contributed by atoms with van der Waals surface area (Å²) in [4.78, 5) is 28.2. The Hall–Kier alpha value is -3.97. The number of ether oxygens (including phenoxy) is 2. The number of fused-ring (bicyclic) bond motifs is 1. The van der Waals surface area contributed by atoms with Crippen LogP contribution in [0.3, 0.4) is 0 Å². The lowest BCUT2D eigenvalue weighted by Crippen LogP contribution is -2.29. The minimum atomic E-state index is -3.81. The number of benzene rings is 2. The van der Waals surface area contributed by atoms with E-state index in [0.29, 0.717) is 11.3 Å². The zero-order valence-corrected chi connectivity index (χ0v) is 20.0. The smallest absolute Gasteiger partial charge is 0.412 e. The standard InChI is InChI=1S/C22H18FN3O7S2/c1-31-18-7-15-17(8-16(18)26(35(2,29)30)9-14-10-34-11-25-14)32-20(12-3-5-13(23)6-4-12)19(15)21(27)33-22(24)28/h3-8,10-11H,9H2,1-2H3,(H2,24,28). The molecule has 4 aromatic rings. The largest absolute Gasteiger partial charge is 0.495 e. The highest BCUT2D eigenvalue weighted by molar-refractivity contribution is 7.92. The van der Waals surface area contributed by atoms with Gasteiger partial charge in [-0.15, -0.1) is 11.3 Å². The summed E-state index contributed by atoms with van der Waals surface area (Å²) in [5.41, 5.74) is 7.47. The maximum absolute atomic E-state index is 13.5.